The lowest BCUT2D eigenvalue weighted by atomic mass is 10.2. The summed E-state index contributed by atoms with van der Waals surface area (Å²) in [4.78, 5) is 13.4. The summed E-state index contributed by atoms with van der Waals surface area (Å²) in [7, 11) is 0.384. The fraction of sp³-hybridized carbons (Fsp3) is 0.235. The van der Waals surface area contributed by atoms with Crippen LogP contribution >= 0.6 is 0 Å². The summed E-state index contributed by atoms with van der Waals surface area (Å²) in [5.41, 5.74) is -2.96. The number of sulfonamides is 1. The Bertz CT molecular complexity index is 1820. The highest BCUT2D eigenvalue weighted by atomic mass is 32.2. The van der Waals surface area contributed by atoms with Crippen molar-refractivity contribution in [2.24, 2.45) is 0 Å². The van der Waals surface area contributed by atoms with Gasteiger partial charge in [-0.25, -0.2) is 9.97 Å². The Kier molecular flexibility index (Phi) is 12.0. The average molecular weight is 668 g/mol. The van der Waals surface area contributed by atoms with Crippen LogP contribution in [-0.4, -0.2) is 63.1 Å². The van der Waals surface area contributed by atoms with Gasteiger partial charge >= 0.3 is 15.5 Å². The number of halogens is 3. The zero-order chi connectivity index (χ0) is 33.9. The lowest BCUT2D eigenvalue weighted by Gasteiger charge is -2.25. The van der Waals surface area contributed by atoms with E-state index in [0.717, 1.165) is 42.1 Å². The number of alkyl halides is 3. The van der Waals surface area contributed by atoms with Crippen molar-refractivity contribution in [2.45, 2.75) is 18.7 Å². The monoisotopic (exact) mass is 667 g/mol. The van der Waals surface area contributed by atoms with Gasteiger partial charge < -0.3 is 19.3 Å². The molecule has 0 aliphatic heterocycles. The van der Waals surface area contributed by atoms with Gasteiger partial charge in [-0.2, -0.15) is 21.6 Å². The zero-order valence-electron chi connectivity index (χ0n) is 26.2. The van der Waals surface area contributed by atoms with E-state index in [-0.39, 0.29) is 18.0 Å². The Morgan fingerprint density at radius 1 is 0.830 bits per heavy atom. The second kappa shape index (κ2) is 16.1. The van der Waals surface area contributed by atoms with E-state index in [1.165, 1.54) is 34.6 Å². The van der Waals surface area contributed by atoms with Crippen molar-refractivity contribution in [3.05, 3.63) is 121 Å². The van der Waals surface area contributed by atoms with Gasteiger partial charge in [0.25, 0.3) is 0 Å². The minimum Gasteiger partial charge on any atom is -0.497 e. The van der Waals surface area contributed by atoms with Gasteiger partial charge in [-0.15, -0.1) is 0 Å². The number of anilines is 2. The molecule has 0 aliphatic rings. The highest BCUT2D eigenvalue weighted by Gasteiger charge is 2.46. The van der Waals surface area contributed by atoms with Crippen molar-refractivity contribution in [3.8, 4) is 11.5 Å². The third kappa shape index (κ3) is 10.6. The van der Waals surface area contributed by atoms with Crippen LogP contribution in [0.2, 0.25) is 0 Å². The topological polar surface area (TPSA) is 96.9 Å². The molecule has 0 radical (unpaired) electrons. The molecule has 248 valence electrons. The fourth-order valence-corrected chi connectivity index (χ4v) is 4.85. The summed E-state index contributed by atoms with van der Waals surface area (Å²) in [5.74, 6) is 2.11. The van der Waals surface area contributed by atoms with Gasteiger partial charge in [0.2, 0.25) is 0 Å². The molecule has 3 aromatic carbocycles. The SMILES string of the molecule is COc1ccc(CN(CCN(C)C)c2ccccn2)cc1.O=S(=O)(Nc1cccc(OCc2ccc3ccccc3n2)c1)C(F)(F)F. The first-order valence-electron chi connectivity index (χ1n) is 14.5. The Labute approximate surface area is 272 Å². The third-order valence-corrected chi connectivity index (χ3v) is 7.87. The Morgan fingerprint density at radius 2 is 1.57 bits per heavy atom. The predicted molar refractivity (Wildman–Crippen MR) is 178 cm³/mol. The van der Waals surface area contributed by atoms with E-state index in [2.05, 4.69) is 52.1 Å². The summed E-state index contributed by atoms with van der Waals surface area (Å²) < 4.78 is 71.8. The summed E-state index contributed by atoms with van der Waals surface area (Å²) in [6.45, 7) is 2.86. The predicted octanol–water partition coefficient (Wildman–Crippen LogP) is 6.73. The van der Waals surface area contributed by atoms with Gasteiger partial charge in [-0.05, 0) is 68.2 Å². The number of fused-ring (bicyclic) bond motifs is 1. The van der Waals surface area contributed by atoms with Gasteiger partial charge in [-0.1, -0.05) is 48.5 Å². The van der Waals surface area contributed by atoms with Crippen LogP contribution < -0.4 is 19.1 Å². The third-order valence-electron chi connectivity index (χ3n) is 6.76. The molecule has 2 heterocycles. The first-order chi connectivity index (χ1) is 22.4. The molecule has 0 saturated heterocycles. The molecule has 0 atom stereocenters. The summed E-state index contributed by atoms with van der Waals surface area (Å²) in [5, 5.41) is 0.972. The van der Waals surface area contributed by atoms with Gasteiger partial charge in [0.15, 0.2) is 0 Å². The largest absolute Gasteiger partial charge is 0.516 e. The number of hydrogen-bond donors (Lipinski definition) is 1. The van der Waals surface area contributed by atoms with Crippen molar-refractivity contribution in [3.63, 3.8) is 0 Å². The Balaban J connectivity index is 0.000000218. The number of nitrogens with zero attached hydrogens (tertiary/aromatic N) is 4. The molecular weight excluding hydrogens is 631 g/mol. The molecule has 0 unspecified atom stereocenters. The second-order valence-corrected chi connectivity index (χ2v) is 12.3. The average Bonchev–Trinajstić information content (AvgIpc) is 3.06. The van der Waals surface area contributed by atoms with E-state index >= 15 is 0 Å². The number of nitrogens with one attached hydrogen (secondary N) is 1. The van der Waals surface area contributed by atoms with Gasteiger partial charge in [0, 0.05) is 37.3 Å². The molecule has 0 spiro atoms. The molecule has 2 aromatic heterocycles. The molecule has 0 amide bonds. The Morgan fingerprint density at radius 3 is 2.26 bits per heavy atom. The zero-order valence-corrected chi connectivity index (χ0v) is 27.0. The minimum absolute atomic E-state index is 0.0836. The normalized spacial score (nSPS) is 11.5. The molecule has 47 heavy (non-hydrogen) atoms. The van der Waals surface area contributed by atoms with Crippen LogP contribution in [0.5, 0.6) is 11.5 Å². The molecule has 1 N–H and O–H groups in total. The van der Waals surface area contributed by atoms with Crippen molar-refractivity contribution in [2.75, 3.05) is 43.9 Å². The number of benzene rings is 3. The number of likely N-dealkylation sites (N-methyl/N-ethyl adjacent to an activating group) is 1. The maximum absolute atomic E-state index is 12.4. The molecule has 0 fully saturated rings. The second-order valence-electron chi connectivity index (χ2n) is 10.6. The molecule has 13 heteroatoms. The fourth-order valence-electron chi connectivity index (χ4n) is 4.30. The highest BCUT2D eigenvalue weighted by Crippen LogP contribution is 2.27. The number of pyridine rings is 2. The molecule has 5 rings (SSSR count). The van der Waals surface area contributed by atoms with E-state index in [9.17, 15) is 21.6 Å². The van der Waals surface area contributed by atoms with Gasteiger partial charge in [0.05, 0.1) is 24.0 Å². The number of para-hydroxylation sites is 1. The van der Waals surface area contributed by atoms with Crippen LogP contribution in [0, 0.1) is 0 Å². The van der Waals surface area contributed by atoms with Crippen LogP contribution in [-0.2, 0) is 23.2 Å². The van der Waals surface area contributed by atoms with E-state index in [1.54, 1.807) is 13.2 Å². The molecular formula is C34H36F3N5O4S. The molecule has 0 aliphatic carbocycles. The number of methoxy groups -OCH3 is 1. The first kappa shape index (κ1) is 35.0. The number of ether oxygens (including phenoxy) is 2. The van der Waals surface area contributed by atoms with Crippen molar-refractivity contribution >= 4 is 32.4 Å². The Hall–Kier alpha value is -4.88. The first-order valence-corrected chi connectivity index (χ1v) is 16.0. The van der Waals surface area contributed by atoms with Crippen LogP contribution in [0.1, 0.15) is 11.3 Å². The van der Waals surface area contributed by atoms with Crippen molar-refractivity contribution in [1.29, 1.82) is 0 Å². The van der Waals surface area contributed by atoms with Crippen LogP contribution in [0.4, 0.5) is 24.7 Å². The lowest BCUT2D eigenvalue weighted by Crippen LogP contribution is -2.31. The van der Waals surface area contributed by atoms with Crippen LogP contribution in [0.15, 0.2) is 109 Å². The van der Waals surface area contributed by atoms with Crippen molar-refractivity contribution < 1.29 is 31.1 Å². The van der Waals surface area contributed by atoms with Gasteiger partial charge in [0.1, 0.15) is 23.9 Å². The molecule has 5 aromatic rings. The summed E-state index contributed by atoms with van der Waals surface area (Å²) in [6, 6.07) is 30.7. The molecule has 0 bridgehead atoms. The van der Waals surface area contributed by atoms with Crippen molar-refractivity contribution in [1.82, 2.24) is 14.9 Å². The van der Waals surface area contributed by atoms with E-state index in [4.69, 9.17) is 9.47 Å². The molecule has 0 saturated carbocycles. The smallest absolute Gasteiger partial charge is 0.497 e. The standard InChI is InChI=1S/C17H13F3N2O3S.C17H23N3O/c18-17(19,20)26(23,24)22-13-5-3-6-15(10-13)25-11-14-9-8-12-4-1-2-7-16(12)21-14;1-19(2)12-13-20(17-6-4-5-11-18-17)14-15-7-9-16(21-3)10-8-15/h1-10,22H,11H2;4-11H,12-14H2,1-3H3. The summed E-state index contributed by atoms with van der Waals surface area (Å²) in [6.07, 6.45) is 1.84. The number of aromatic nitrogens is 2. The van der Waals surface area contributed by atoms with E-state index in [0.29, 0.717) is 5.69 Å². The van der Waals surface area contributed by atoms with Crippen LogP contribution in [0.3, 0.4) is 0 Å². The highest BCUT2D eigenvalue weighted by molar-refractivity contribution is 7.93. The van der Waals surface area contributed by atoms with Gasteiger partial charge in [-0.3, -0.25) is 4.72 Å². The summed E-state index contributed by atoms with van der Waals surface area (Å²) >= 11 is 0. The van der Waals surface area contributed by atoms with E-state index < -0.39 is 15.5 Å². The maximum atomic E-state index is 12.4. The molecule has 9 nitrogen and oxygen atoms in total. The quantitative estimate of drug-likeness (QED) is 0.157. The number of hydrogen-bond acceptors (Lipinski definition) is 8. The minimum atomic E-state index is -5.48. The van der Waals surface area contributed by atoms with Crippen LogP contribution in [0.25, 0.3) is 10.9 Å². The van der Waals surface area contributed by atoms with E-state index in [1.807, 2.05) is 60.8 Å². The lowest BCUT2D eigenvalue weighted by molar-refractivity contribution is -0.0429. The maximum Gasteiger partial charge on any atom is 0.516 e. The number of rotatable bonds is 12.